The highest BCUT2D eigenvalue weighted by Crippen LogP contribution is 2.44. The van der Waals surface area contributed by atoms with E-state index in [-0.39, 0.29) is 11.6 Å². The minimum atomic E-state index is -2.42. The molecule has 0 radical (unpaired) electrons. The van der Waals surface area contributed by atoms with Crippen LogP contribution in [0.15, 0.2) is 24.3 Å². The van der Waals surface area contributed by atoms with E-state index >= 15 is 0 Å². The van der Waals surface area contributed by atoms with Crippen LogP contribution >= 0.6 is 11.6 Å². The summed E-state index contributed by atoms with van der Waals surface area (Å²) in [7, 11) is -2.42. The van der Waals surface area contributed by atoms with Gasteiger partial charge in [-0.15, -0.1) is 0 Å². The van der Waals surface area contributed by atoms with Gasteiger partial charge in [0.25, 0.3) is 0 Å². The Balaban J connectivity index is 3.60. The van der Waals surface area contributed by atoms with Crippen LogP contribution in [0.5, 0.6) is 0 Å². The first-order valence-electron chi connectivity index (χ1n) is 9.99. The van der Waals surface area contributed by atoms with Gasteiger partial charge in [-0.1, -0.05) is 50.6 Å². The highest BCUT2D eigenvalue weighted by Gasteiger charge is 2.52. The first-order valence-corrected chi connectivity index (χ1v) is 13.3. The molecule has 0 heterocycles. The third-order valence-corrected chi connectivity index (χ3v) is 9.89. The van der Waals surface area contributed by atoms with Gasteiger partial charge in [-0.3, -0.25) is 0 Å². The Kier molecular flexibility index (Phi) is 8.66. The standard InChI is InChI=1S/C22H36ClNO4Si/c1-20(2,3)27-19(26)22(16-24-14-11-15-25,17-12-9-10-13-18(17)23)28-29(7,8)21(4,5)6/h9-10,12-13,15,24H,11,14,16H2,1-8H3/t22-/m0/s1. The number of ether oxygens (including phenoxy) is 1. The Bertz CT molecular complexity index is 709. The van der Waals surface area contributed by atoms with Gasteiger partial charge in [0.1, 0.15) is 11.9 Å². The molecule has 0 aliphatic heterocycles. The van der Waals surface area contributed by atoms with Crippen molar-refractivity contribution in [1.29, 1.82) is 0 Å². The number of hydrogen-bond donors (Lipinski definition) is 1. The lowest BCUT2D eigenvalue weighted by molar-refractivity contribution is -0.176. The Labute approximate surface area is 181 Å². The summed E-state index contributed by atoms with van der Waals surface area (Å²) in [5, 5.41) is 3.50. The van der Waals surface area contributed by atoms with E-state index in [0.717, 1.165) is 6.29 Å². The molecule has 1 atom stereocenters. The van der Waals surface area contributed by atoms with Crippen molar-refractivity contribution < 1.29 is 18.8 Å². The molecule has 0 aliphatic carbocycles. The second-order valence-electron chi connectivity index (χ2n) is 9.80. The van der Waals surface area contributed by atoms with Crippen LogP contribution in [0.3, 0.4) is 0 Å². The molecule has 1 aromatic rings. The summed E-state index contributed by atoms with van der Waals surface area (Å²) in [4.78, 5) is 24.4. The molecule has 0 fully saturated rings. The SMILES string of the molecule is CC(C)(C)OC(=O)[C@@](CNCCC=O)(O[Si](C)(C)C(C)(C)C)c1ccccc1Cl. The van der Waals surface area contributed by atoms with Crippen molar-refractivity contribution in [2.45, 2.75) is 77.3 Å². The monoisotopic (exact) mass is 441 g/mol. The highest BCUT2D eigenvalue weighted by atomic mass is 35.5. The minimum Gasteiger partial charge on any atom is -0.458 e. The molecule has 0 bridgehead atoms. The number of hydrogen-bond acceptors (Lipinski definition) is 5. The molecule has 5 nitrogen and oxygen atoms in total. The van der Waals surface area contributed by atoms with Crippen LogP contribution in [0.25, 0.3) is 0 Å². The molecule has 0 spiro atoms. The Hall–Kier alpha value is -1.21. The number of rotatable bonds is 9. The van der Waals surface area contributed by atoms with Gasteiger partial charge in [0.2, 0.25) is 0 Å². The summed E-state index contributed by atoms with van der Waals surface area (Å²) in [5.74, 6) is -0.485. The van der Waals surface area contributed by atoms with Crippen molar-refractivity contribution in [3.63, 3.8) is 0 Å². The van der Waals surface area contributed by atoms with Crippen LogP contribution in [0, 0.1) is 0 Å². The van der Waals surface area contributed by atoms with E-state index in [9.17, 15) is 9.59 Å². The van der Waals surface area contributed by atoms with Gasteiger partial charge < -0.3 is 19.3 Å². The van der Waals surface area contributed by atoms with Crippen molar-refractivity contribution in [2.24, 2.45) is 0 Å². The number of carbonyl (C=O) groups excluding carboxylic acids is 2. The van der Waals surface area contributed by atoms with Crippen molar-refractivity contribution in [3.8, 4) is 0 Å². The second kappa shape index (κ2) is 9.73. The quantitative estimate of drug-likeness (QED) is 0.250. The zero-order valence-electron chi connectivity index (χ0n) is 19.0. The average Bonchev–Trinajstić information content (AvgIpc) is 2.55. The fraction of sp³-hybridized carbons (Fsp3) is 0.636. The number of carbonyl (C=O) groups is 2. The molecular weight excluding hydrogens is 406 g/mol. The second-order valence-corrected chi connectivity index (χ2v) is 14.9. The minimum absolute atomic E-state index is 0.135. The summed E-state index contributed by atoms with van der Waals surface area (Å²) < 4.78 is 12.6. The van der Waals surface area contributed by atoms with Gasteiger partial charge >= 0.3 is 5.97 Å². The van der Waals surface area contributed by atoms with Crippen LogP contribution in [0.2, 0.25) is 23.2 Å². The fourth-order valence-corrected chi connectivity index (χ4v) is 4.30. The van der Waals surface area contributed by atoms with Crippen LogP contribution in [0.1, 0.15) is 53.5 Å². The lowest BCUT2D eigenvalue weighted by Crippen LogP contribution is -2.57. The molecule has 0 aliphatic rings. The molecule has 0 saturated carbocycles. The van der Waals surface area contributed by atoms with Crippen molar-refractivity contribution >= 4 is 32.2 Å². The molecule has 164 valence electrons. The molecular formula is C22H36ClNO4Si. The van der Waals surface area contributed by atoms with E-state index in [1.165, 1.54) is 0 Å². The lowest BCUT2D eigenvalue weighted by atomic mass is 9.93. The number of benzene rings is 1. The van der Waals surface area contributed by atoms with Crippen LogP contribution in [-0.2, 0) is 24.4 Å². The largest absolute Gasteiger partial charge is 0.458 e. The van der Waals surface area contributed by atoms with Crippen LogP contribution < -0.4 is 5.32 Å². The summed E-state index contributed by atoms with van der Waals surface area (Å²) in [6.45, 7) is 16.6. The predicted molar refractivity (Wildman–Crippen MR) is 121 cm³/mol. The molecule has 0 aromatic heterocycles. The highest BCUT2D eigenvalue weighted by molar-refractivity contribution is 6.74. The topological polar surface area (TPSA) is 64.6 Å². The maximum Gasteiger partial charge on any atom is 0.344 e. The predicted octanol–water partition coefficient (Wildman–Crippen LogP) is 5.08. The van der Waals surface area contributed by atoms with Crippen LogP contribution in [0.4, 0.5) is 0 Å². The average molecular weight is 442 g/mol. The number of halogens is 1. The van der Waals surface area contributed by atoms with E-state index in [1.54, 1.807) is 12.1 Å². The number of nitrogens with one attached hydrogen (secondary N) is 1. The lowest BCUT2D eigenvalue weighted by Gasteiger charge is -2.45. The smallest absolute Gasteiger partial charge is 0.344 e. The molecule has 0 unspecified atom stereocenters. The molecule has 1 aromatic carbocycles. The van der Waals surface area contributed by atoms with E-state index in [2.05, 4.69) is 39.2 Å². The van der Waals surface area contributed by atoms with Gasteiger partial charge in [-0.2, -0.15) is 0 Å². The van der Waals surface area contributed by atoms with E-state index in [1.807, 2.05) is 32.9 Å². The van der Waals surface area contributed by atoms with E-state index in [0.29, 0.717) is 23.6 Å². The normalized spacial score (nSPS) is 14.9. The summed E-state index contributed by atoms with van der Waals surface area (Å²) in [5.41, 5.74) is -1.54. The molecule has 0 amide bonds. The van der Waals surface area contributed by atoms with Crippen molar-refractivity contribution in [1.82, 2.24) is 5.32 Å². The fourth-order valence-electron chi connectivity index (χ4n) is 2.57. The first-order chi connectivity index (χ1) is 13.2. The molecule has 1 rings (SSSR count). The van der Waals surface area contributed by atoms with Gasteiger partial charge in [0.05, 0.1) is 0 Å². The maximum absolute atomic E-state index is 13.6. The number of esters is 1. The summed E-state index contributed by atoms with van der Waals surface area (Å²) in [6.07, 6.45) is 1.18. The Morgan fingerprint density at radius 3 is 2.21 bits per heavy atom. The van der Waals surface area contributed by atoms with Gasteiger partial charge in [-0.05, 0) is 45.0 Å². The van der Waals surface area contributed by atoms with Gasteiger partial charge in [-0.25, -0.2) is 4.79 Å². The summed E-state index contributed by atoms with van der Waals surface area (Å²) in [6, 6.07) is 7.20. The molecule has 0 saturated heterocycles. The Morgan fingerprint density at radius 1 is 1.14 bits per heavy atom. The van der Waals surface area contributed by atoms with E-state index < -0.39 is 25.5 Å². The van der Waals surface area contributed by atoms with Crippen molar-refractivity contribution in [3.05, 3.63) is 34.9 Å². The summed E-state index contributed by atoms with van der Waals surface area (Å²) >= 11 is 6.55. The van der Waals surface area contributed by atoms with Gasteiger partial charge in [0.15, 0.2) is 13.9 Å². The third kappa shape index (κ3) is 6.91. The third-order valence-electron chi connectivity index (χ3n) is 5.09. The zero-order valence-corrected chi connectivity index (χ0v) is 20.8. The molecule has 7 heteroatoms. The Morgan fingerprint density at radius 2 is 1.72 bits per heavy atom. The maximum atomic E-state index is 13.6. The van der Waals surface area contributed by atoms with Gasteiger partial charge in [0, 0.05) is 30.1 Å². The molecule has 29 heavy (non-hydrogen) atoms. The van der Waals surface area contributed by atoms with Crippen LogP contribution in [-0.4, -0.2) is 39.3 Å². The van der Waals surface area contributed by atoms with Crippen molar-refractivity contribution in [2.75, 3.05) is 13.1 Å². The van der Waals surface area contributed by atoms with E-state index in [4.69, 9.17) is 20.8 Å². The first kappa shape index (κ1) is 25.8. The number of aldehydes is 1. The zero-order chi connectivity index (χ0) is 22.5. The molecule has 1 N–H and O–H groups in total.